The Balaban J connectivity index is 1.77. The lowest BCUT2D eigenvalue weighted by atomic mass is 10.2. The average molecular weight is 532 g/mol. The fourth-order valence-electron chi connectivity index (χ4n) is 2.76. The number of hydrogen-bond acceptors (Lipinski definition) is 5. The maximum Gasteiger partial charge on any atom is 0.268 e. The molecule has 0 atom stereocenters. The maximum atomic E-state index is 12.9. The zero-order chi connectivity index (χ0) is 22.2. The number of furan rings is 1. The minimum Gasteiger partial charge on any atom is -0.493 e. The Morgan fingerprint density at radius 2 is 1.74 bits per heavy atom. The van der Waals surface area contributed by atoms with E-state index in [1.807, 2.05) is 34.7 Å². The highest BCUT2D eigenvalue weighted by Crippen LogP contribution is 2.27. The molecule has 0 radical (unpaired) electrons. The third-order valence-corrected chi connectivity index (χ3v) is 4.89. The van der Waals surface area contributed by atoms with Gasteiger partial charge in [-0.3, -0.25) is 9.59 Å². The number of benzene rings is 2. The van der Waals surface area contributed by atoms with Gasteiger partial charge in [0.15, 0.2) is 15.3 Å². The first-order valence-corrected chi connectivity index (χ1v) is 10.4. The molecule has 31 heavy (non-hydrogen) atoms. The summed E-state index contributed by atoms with van der Waals surface area (Å²) in [6.07, 6.45) is 1.49. The highest BCUT2D eigenvalue weighted by atomic mass is 127. The van der Waals surface area contributed by atoms with Crippen molar-refractivity contribution in [3.8, 4) is 11.5 Å². The normalized spacial score (nSPS) is 11.0. The fraction of sp³-hybridized carbons (Fsp3) is 0.130. The third-order valence-electron chi connectivity index (χ3n) is 4.31. The molecular formula is C23H21IN2O5. The zero-order valence-electron chi connectivity index (χ0n) is 17.0. The van der Waals surface area contributed by atoms with Crippen LogP contribution in [0.2, 0.25) is 0 Å². The minimum absolute atomic E-state index is 0.0695. The summed E-state index contributed by atoms with van der Waals surface area (Å²) in [4.78, 5) is 25.5. The molecule has 0 aliphatic carbocycles. The Kier molecular flexibility index (Phi) is 7.71. The number of halogens is 1. The second-order valence-electron chi connectivity index (χ2n) is 6.39. The van der Waals surface area contributed by atoms with Gasteiger partial charge in [0.1, 0.15) is 11.5 Å². The molecule has 3 aromatic rings. The first kappa shape index (κ1) is 22.4. The second-order valence-corrected chi connectivity index (χ2v) is 7.46. The Hall–Kier alpha value is -3.27. The Labute approximate surface area is 193 Å². The number of nitrogens with one attached hydrogen (secondary N) is 2. The van der Waals surface area contributed by atoms with Crippen LogP contribution in [0.25, 0.3) is 6.08 Å². The van der Waals surface area contributed by atoms with Gasteiger partial charge in [0.25, 0.3) is 11.8 Å². The molecule has 7 nitrogen and oxygen atoms in total. The van der Waals surface area contributed by atoms with Crippen LogP contribution >= 0.6 is 22.6 Å². The van der Waals surface area contributed by atoms with Crippen molar-refractivity contribution in [2.75, 3.05) is 14.2 Å². The van der Waals surface area contributed by atoms with Crippen molar-refractivity contribution in [1.82, 2.24) is 10.6 Å². The van der Waals surface area contributed by atoms with E-state index in [0.717, 1.165) is 5.56 Å². The number of carbonyl (C=O) groups is 2. The molecule has 0 aliphatic heterocycles. The lowest BCUT2D eigenvalue weighted by Crippen LogP contribution is -2.34. The molecule has 0 spiro atoms. The van der Waals surface area contributed by atoms with Gasteiger partial charge >= 0.3 is 0 Å². The molecule has 2 N–H and O–H groups in total. The van der Waals surface area contributed by atoms with Gasteiger partial charge in [0, 0.05) is 18.2 Å². The Morgan fingerprint density at radius 1 is 1.00 bits per heavy atom. The van der Waals surface area contributed by atoms with Gasteiger partial charge in [-0.1, -0.05) is 24.3 Å². The highest BCUT2D eigenvalue weighted by molar-refractivity contribution is 14.1. The van der Waals surface area contributed by atoms with Gasteiger partial charge in [0.05, 0.1) is 14.2 Å². The number of hydrogen-bond donors (Lipinski definition) is 2. The molecule has 0 unspecified atom stereocenters. The lowest BCUT2D eigenvalue weighted by molar-refractivity contribution is -0.117. The van der Waals surface area contributed by atoms with E-state index in [9.17, 15) is 9.59 Å². The molecule has 2 amide bonds. The largest absolute Gasteiger partial charge is 0.493 e. The molecule has 0 saturated carbocycles. The highest BCUT2D eigenvalue weighted by Gasteiger charge is 2.16. The van der Waals surface area contributed by atoms with E-state index in [4.69, 9.17) is 13.9 Å². The van der Waals surface area contributed by atoms with Gasteiger partial charge in [0.2, 0.25) is 0 Å². The van der Waals surface area contributed by atoms with Crippen molar-refractivity contribution in [3.05, 3.63) is 87.0 Å². The van der Waals surface area contributed by atoms with Crippen LogP contribution in [0.1, 0.15) is 21.7 Å². The molecule has 8 heteroatoms. The molecule has 2 aromatic carbocycles. The van der Waals surface area contributed by atoms with Gasteiger partial charge < -0.3 is 24.5 Å². The van der Waals surface area contributed by atoms with Crippen LogP contribution in [0.15, 0.2) is 70.8 Å². The summed E-state index contributed by atoms with van der Waals surface area (Å²) in [5.41, 5.74) is 1.32. The number of carbonyl (C=O) groups excluding carboxylic acids is 2. The monoisotopic (exact) mass is 532 g/mol. The smallest absolute Gasteiger partial charge is 0.268 e. The van der Waals surface area contributed by atoms with Crippen LogP contribution < -0.4 is 20.1 Å². The fourth-order valence-corrected chi connectivity index (χ4v) is 3.19. The molecule has 0 saturated heterocycles. The number of ether oxygens (including phenoxy) is 2. The van der Waals surface area contributed by atoms with Gasteiger partial charge in [-0.05, 0) is 64.6 Å². The summed E-state index contributed by atoms with van der Waals surface area (Å²) in [6.45, 7) is 0.230. The molecule has 0 bridgehead atoms. The first-order chi connectivity index (χ1) is 15.0. The Bertz CT molecular complexity index is 1090. The van der Waals surface area contributed by atoms with Gasteiger partial charge in [-0.15, -0.1) is 0 Å². The van der Waals surface area contributed by atoms with Crippen LogP contribution in [0, 0.1) is 3.77 Å². The summed E-state index contributed by atoms with van der Waals surface area (Å²) in [5, 5.41) is 5.48. The Morgan fingerprint density at radius 3 is 2.39 bits per heavy atom. The standard InChI is InChI=1S/C23H21IN2O5/c1-29-19-10-8-15(12-20(19)30-2)14-25-23(28)18(13-17-9-11-21(24)31-17)26-22(27)16-6-4-3-5-7-16/h3-13H,14H2,1-2H3,(H,25,28)(H,26,27)/b18-13-. The molecule has 3 rings (SSSR count). The van der Waals surface area contributed by atoms with Crippen molar-refractivity contribution in [2.24, 2.45) is 0 Å². The molecule has 1 aromatic heterocycles. The molecule has 160 valence electrons. The van der Waals surface area contributed by atoms with E-state index in [1.165, 1.54) is 6.08 Å². The molecule has 1 heterocycles. The third kappa shape index (κ3) is 6.11. The van der Waals surface area contributed by atoms with Crippen LogP contribution in [0.4, 0.5) is 0 Å². The van der Waals surface area contributed by atoms with Crippen molar-refractivity contribution in [1.29, 1.82) is 0 Å². The zero-order valence-corrected chi connectivity index (χ0v) is 19.1. The number of methoxy groups -OCH3 is 2. The van der Waals surface area contributed by atoms with E-state index >= 15 is 0 Å². The van der Waals surface area contributed by atoms with E-state index in [0.29, 0.717) is 26.6 Å². The quantitative estimate of drug-likeness (QED) is 0.339. The average Bonchev–Trinajstić information content (AvgIpc) is 3.21. The molecular weight excluding hydrogens is 511 g/mol. The van der Waals surface area contributed by atoms with E-state index < -0.39 is 11.8 Å². The molecule has 0 aliphatic rings. The van der Waals surface area contributed by atoms with Crippen molar-refractivity contribution < 1.29 is 23.5 Å². The van der Waals surface area contributed by atoms with Crippen molar-refractivity contribution >= 4 is 40.5 Å². The summed E-state index contributed by atoms with van der Waals surface area (Å²) in [6, 6.07) is 17.5. The second kappa shape index (κ2) is 10.7. The summed E-state index contributed by atoms with van der Waals surface area (Å²) in [7, 11) is 3.10. The molecule has 0 fully saturated rings. The van der Waals surface area contributed by atoms with Crippen molar-refractivity contribution in [2.45, 2.75) is 6.54 Å². The van der Waals surface area contributed by atoms with Crippen LogP contribution in [-0.2, 0) is 11.3 Å². The maximum absolute atomic E-state index is 12.9. The number of amides is 2. The first-order valence-electron chi connectivity index (χ1n) is 9.32. The van der Waals surface area contributed by atoms with Crippen molar-refractivity contribution in [3.63, 3.8) is 0 Å². The van der Waals surface area contributed by atoms with Crippen LogP contribution in [0.5, 0.6) is 11.5 Å². The summed E-state index contributed by atoms with van der Waals surface area (Å²) < 4.78 is 16.7. The summed E-state index contributed by atoms with van der Waals surface area (Å²) in [5.74, 6) is 0.766. The lowest BCUT2D eigenvalue weighted by Gasteiger charge is -2.12. The number of rotatable bonds is 8. The predicted octanol–water partition coefficient (Wildman–Crippen LogP) is 3.99. The van der Waals surface area contributed by atoms with Crippen LogP contribution in [0.3, 0.4) is 0 Å². The van der Waals surface area contributed by atoms with E-state index in [2.05, 4.69) is 10.6 Å². The predicted molar refractivity (Wildman–Crippen MR) is 125 cm³/mol. The SMILES string of the molecule is COc1ccc(CNC(=O)/C(=C/c2ccc(I)o2)NC(=O)c2ccccc2)cc1OC. The van der Waals surface area contributed by atoms with Gasteiger partial charge in [-0.2, -0.15) is 0 Å². The van der Waals surface area contributed by atoms with E-state index in [-0.39, 0.29) is 12.2 Å². The van der Waals surface area contributed by atoms with Crippen LogP contribution in [-0.4, -0.2) is 26.0 Å². The van der Waals surface area contributed by atoms with Gasteiger partial charge in [-0.25, -0.2) is 0 Å². The van der Waals surface area contributed by atoms with E-state index in [1.54, 1.807) is 62.8 Å². The topological polar surface area (TPSA) is 89.8 Å². The minimum atomic E-state index is -0.453. The summed E-state index contributed by atoms with van der Waals surface area (Å²) >= 11 is 2.03.